The van der Waals surface area contributed by atoms with Gasteiger partial charge in [-0.25, -0.2) is 8.42 Å². The average molecular weight is 396 g/mol. The monoisotopic (exact) mass is 395 g/mol. The summed E-state index contributed by atoms with van der Waals surface area (Å²) >= 11 is 6.41. The summed E-state index contributed by atoms with van der Waals surface area (Å²) < 4.78 is 27.0. The highest BCUT2D eigenvalue weighted by atomic mass is 35.5. The molecule has 1 aromatic heterocycles. The number of fused-ring (bicyclic) bond motifs is 1. The smallest absolute Gasteiger partial charge is 0.238 e. The van der Waals surface area contributed by atoms with E-state index in [9.17, 15) is 13.2 Å². The van der Waals surface area contributed by atoms with Gasteiger partial charge in [0, 0.05) is 36.5 Å². The molecule has 0 saturated heterocycles. The highest BCUT2D eigenvalue weighted by Crippen LogP contribution is 2.36. The lowest BCUT2D eigenvalue weighted by Gasteiger charge is -2.38. The van der Waals surface area contributed by atoms with E-state index in [1.165, 1.54) is 4.31 Å². The number of hydrogen-bond donors (Lipinski definition) is 0. The van der Waals surface area contributed by atoms with Crippen molar-refractivity contribution in [3.05, 3.63) is 58.9 Å². The minimum Gasteiger partial charge on any atom is -0.348 e. The maximum Gasteiger partial charge on any atom is 0.238 e. The zero-order chi connectivity index (χ0) is 18.9. The molecule has 1 aromatic carbocycles. The second-order valence-corrected chi connectivity index (χ2v) is 8.72. The van der Waals surface area contributed by atoms with Crippen molar-refractivity contribution in [2.75, 3.05) is 25.9 Å². The fourth-order valence-corrected chi connectivity index (χ4v) is 4.43. The molecular weight excluding hydrogens is 374 g/mol. The summed E-state index contributed by atoms with van der Waals surface area (Å²) in [7, 11) is -3.43. The van der Waals surface area contributed by atoms with Crippen LogP contribution in [0.25, 0.3) is 0 Å². The van der Waals surface area contributed by atoms with Gasteiger partial charge in [-0.05, 0) is 23.8 Å². The standard InChI is InChI=1S/C18H22ClN3O3S/c1-3-21(26(2,24)25)13-17(23)22-12-11-20-10-6-9-16(20)18(22)14-7-4-5-8-15(14)19/h4-10,18H,3,11-13H2,1-2H3/t18-/m1/s1. The molecule has 0 saturated carbocycles. The van der Waals surface area contributed by atoms with Crippen molar-refractivity contribution in [2.45, 2.75) is 19.5 Å². The Bertz CT molecular complexity index is 910. The minimum atomic E-state index is -3.43. The summed E-state index contributed by atoms with van der Waals surface area (Å²) in [6, 6.07) is 11.0. The first-order valence-electron chi connectivity index (χ1n) is 8.47. The Balaban J connectivity index is 1.98. The third-order valence-corrected chi connectivity index (χ3v) is 6.36. The Kier molecular flexibility index (Phi) is 5.41. The zero-order valence-corrected chi connectivity index (χ0v) is 16.4. The van der Waals surface area contributed by atoms with E-state index in [-0.39, 0.29) is 25.0 Å². The number of benzene rings is 1. The summed E-state index contributed by atoms with van der Waals surface area (Å²) in [6.45, 7) is 2.97. The second-order valence-electron chi connectivity index (χ2n) is 6.33. The lowest BCUT2D eigenvalue weighted by atomic mass is 9.99. The van der Waals surface area contributed by atoms with Gasteiger partial charge in [0.1, 0.15) is 0 Å². The van der Waals surface area contributed by atoms with Gasteiger partial charge in [0.15, 0.2) is 0 Å². The fraction of sp³-hybridized carbons (Fsp3) is 0.389. The lowest BCUT2D eigenvalue weighted by Crippen LogP contribution is -2.47. The van der Waals surface area contributed by atoms with Gasteiger partial charge in [-0.3, -0.25) is 4.79 Å². The SMILES string of the molecule is CCN(CC(=O)N1CCn2cccc2[C@H]1c1ccccc1Cl)S(C)(=O)=O. The molecule has 0 radical (unpaired) electrons. The Labute approximate surface area is 159 Å². The van der Waals surface area contributed by atoms with E-state index in [1.807, 2.05) is 36.5 Å². The molecule has 1 aliphatic heterocycles. The molecule has 0 aliphatic carbocycles. The van der Waals surface area contributed by atoms with Crippen molar-refractivity contribution < 1.29 is 13.2 Å². The molecular formula is C18H22ClN3O3S. The van der Waals surface area contributed by atoms with Crippen LogP contribution in [0.2, 0.25) is 5.02 Å². The molecule has 26 heavy (non-hydrogen) atoms. The van der Waals surface area contributed by atoms with E-state index in [0.717, 1.165) is 17.5 Å². The van der Waals surface area contributed by atoms with Crippen LogP contribution in [-0.4, -0.2) is 54.0 Å². The van der Waals surface area contributed by atoms with E-state index >= 15 is 0 Å². The molecule has 1 atom stereocenters. The van der Waals surface area contributed by atoms with E-state index in [4.69, 9.17) is 11.6 Å². The van der Waals surface area contributed by atoms with Gasteiger partial charge in [0.25, 0.3) is 0 Å². The summed E-state index contributed by atoms with van der Waals surface area (Å²) in [4.78, 5) is 14.7. The number of aromatic nitrogens is 1. The van der Waals surface area contributed by atoms with Gasteiger partial charge in [0.05, 0.1) is 18.8 Å². The minimum absolute atomic E-state index is 0.170. The van der Waals surface area contributed by atoms with E-state index in [0.29, 0.717) is 18.1 Å². The van der Waals surface area contributed by atoms with Crippen molar-refractivity contribution in [1.29, 1.82) is 0 Å². The first-order chi connectivity index (χ1) is 12.3. The predicted octanol–water partition coefficient (Wildman–Crippen LogP) is 2.35. The molecule has 0 fully saturated rings. The number of halogens is 1. The largest absolute Gasteiger partial charge is 0.348 e. The van der Waals surface area contributed by atoms with Crippen molar-refractivity contribution in [1.82, 2.24) is 13.8 Å². The third-order valence-electron chi connectivity index (χ3n) is 4.69. The van der Waals surface area contributed by atoms with Crippen LogP contribution >= 0.6 is 11.6 Å². The number of likely N-dealkylation sites (N-methyl/N-ethyl adjacent to an activating group) is 1. The Morgan fingerprint density at radius 2 is 1.96 bits per heavy atom. The van der Waals surface area contributed by atoms with Gasteiger partial charge in [-0.1, -0.05) is 36.7 Å². The van der Waals surface area contributed by atoms with Crippen LogP contribution in [0.15, 0.2) is 42.6 Å². The number of nitrogens with zero attached hydrogens (tertiary/aromatic N) is 3. The molecule has 0 unspecified atom stereocenters. The van der Waals surface area contributed by atoms with Crippen LogP contribution in [0.1, 0.15) is 24.2 Å². The summed E-state index contributed by atoms with van der Waals surface area (Å²) in [5, 5.41) is 0.584. The molecule has 140 valence electrons. The normalized spacial score (nSPS) is 17.4. The molecule has 0 N–H and O–H groups in total. The molecule has 0 spiro atoms. The van der Waals surface area contributed by atoms with Crippen LogP contribution in [0, 0.1) is 0 Å². The number of carbonyl (C=O) groups is 1. The predicted molar refractivity (Wildman–Crippen MR) is 102 cm³/mol. The zero-order valence-electron chi connectivity index (χ0n) is 14.8. The average Bonchev–Trinajstić information content (AvgIpc) is 3.07. The lowest BCUT2D eigenvalue weighted by molar-refractivity contribution is -0.134. The van der Waals surface area contributed by atoms with Crippen molar-refractivity contribution in [2.24, 2.45) is 0 Å². The summed E-state index contributed by atoms with van der Waals surface area (Å²) in [5.41, 5.74) is 1.81. The Morgan fingerprint density at radius 1 is 1.23 bits per heavy atom. The van der Waals surface area contributed by atoms with Gasteiger partial charge >= 0.3 is 0 Å². The van der Waals surface area contributed by atoms with E-state index < -0.39 is 10.0 Å². The molecule has 8 heteroatoms. The van der Waals surface area contributed by atoms with E-state index in [2.05, 4.69) is 4.57 Å². The summed E-state index contributed by atoms with van der Waals surface area (Å²) in [5.74, 6) is -0.227. The van der Waals surface area contributed by atoms with Gasteiger partial charge in [-0.2, -0.15) is 4.31 Å². The number of amides is 1. The Morgan fingerprint density at radius 3 is 2.62 bits per heavy atom. The van der Waals surface area contributed by atoms with Crippen molar-refractivity contribution >= 4 is 27.5 Å². The number of carbonyl (C=O) groups excluding carboxylic acids is 1. The molecule has 6 nitrogen and oxygen atoms in total. The quantitative estimate of drug-likeness (QED) is 0.780. The van der Waals surface area contributed by atoms with Gasteiger partial charge in [0.2, 0.25) is 15.9 Å². The van der Waals surface area contributed by atoms with Crippen LogP contribution < -0.4 is 0 Å². The van der Waals surface area contributed by atoms with Gasteiger partial charge in [-0.15, -0.1) is 0 Å². The molecule has 2 aromatic rings. The Hall–Kier alpha value is -1.83. The van der Waals surface area contributed by atoms with Crippen LogP contribution in [0.5, 0.6) is 0 Å². The third kappa shape index (κ3) is 3.65. The molecule has 1 amide bonds. The highest BCUT2D eigenvalue weighted by Gasteiger charge is 2.34. The summed E-state index contributed by atoms with van der Waals surface area (Å²) in [6.07, 6.45) is 3.10. The van der Waals surface area contributed by atoms with Crippen LogP contribution in [0.3, 0.4) is 0 Å². The van der Waals surface area contributed by atoms with Crippen molar-refractivity contribution in [3.8, 4) is 0 Å². The van der Waals surface area contributed by atoms with Crippen LogP contribution in [0.4, 0.5) is 0 Å². The maximum absolute atomic E-state index is 13.0. The maximum atomic E-state index is 13.0. The van der Waals surface area contributed by atoms with Gasteiger partial charge < -0.3 is 9.47 Å². The molecule has 2 heterocycles. The fourth-order valence-electron chi connectivity index (χ4n) is 3.38. The first kappa shape index (κ1) is 18.9. The number of sulfonamides is 1. The second kappa shape index (κ2) is 7.42. The molecule has 3 rings (SSSR count). The van der Waals surface area contributed by atoms with E-state index in [1.54, 1.807) is 17.9 Å². The number of rotatable bonds is 5. The van der Waals surface area contributed by atoms with Crippen molar-refractivity contribution in [3.63, 3.8) is 0 Å². The first-order valence-corrected chi connectivity index (χ1v) is 10.7. The number of hydrogen-bond acceptors (Lipinski definition) is 3. The van der Waals surface area contributed by atoms with Crippen LogP contribution in [-0.2, 0) is 21.4 Å². The topological polar surface area (TPSA) is 62.6 Å². The highest BCUT2D eigenvalue weighted by molar-refractivity contribution is 7.88. The molecule has 1 aliphatic rings. The molecule has 0 bridgehead atoms.